The molecule has 1 aliphatic rings. The average Bonchev–Trinajstić information content (AvgIpc) is 3.00. The number of Topliss-reactive ketones (excluding diaryl/α,β-unsaturated/α-hetero) is 1. The van der Waals surface area contributed by atoms with Crippen molar-refractivity contribution in [2.45, 2.75) is 11.8 Å². The molecule has 3 aromatic rings. The molecule has 0 atom stereocenters. The molecule has 0 unspecified atom stereocenters. The van der Waals surface area contributed by atoms with Gasteiger partial charge in [-0.25, -0.2) is 4.39 Å². The van der Waals surface area contributed by atoms with Crippen LogP contribution in [0.15, 0.2) is 71.3 Å². The number of benzene rings is 3. The Morgan fingerprint density at radius 1 is 1.07 bits per heavy atom. The lowest BCUT2D eigenvalue weighted by Gasteiger charge is -2.08. The van der Waals surface area contributed by atoms with E-state index in [1.165, 1.54) is 54.6 Å². The van der Waals surface area contributed by atoms with Crippen molar-refractivity contribution in [2.24, 2.45) is 0 Å². The molecule has 5 nitrogen and oxygen atoms in total. The fraction of sp³-hybridized carbons (Fsp3) is 0.0455. The molecule has 0 aromatic heterocycles. The summed E-state index contributed by atoms with van der Waals surface area (Å²) in [5, 5.41) is 0.128. The monoisotopic (exact) mass is 444 g/mol. The number of aryl methyl sites for hydroxylation is 1. The van der Waals surface area contributed by atoms with Crippen LogP contribution in [-0.4, -0.2) is 14.2 Å². The van der Waals surface area contributed by atoms with Gasteiger partial charge < -0.3 is 8.92 Å². The molecule has 0 radical (unpaired) electrons. The predicted molar refractivity (Wildman–Crippen MR) is 110 cm³/mol. The number of ketones is 1. The third kappa shape index (κ3) is 3.81. The van der Waals surface area contributed by atoms with Crippen LogP contribution in [0.2, 0.25) is 5.02 Å². The van der Waals surface area contributed by atoms with E-state index in [1.54, 1.807) is 12.1 Å². The van der Waals surface area contributed by atoms with E-state index >= 15 is 0 Å². The predicted octanol–water partition coefficient (Wildman–Crippen LogP) is 5.17. The van der Waals surface area contributed by atoms with E-state index < -0.39 is 21.7 Å². The largest absolute Gasteiger partial charge is 0.452 e. The Labute approximate surface area is 177 Å². The van der Waals surface area contributed by atoms with E-state index in [9.17, 15) is 17.6 Å². The molecule has 0 aliphatic carbocycles. The van der Waals surface area contributed by atoms with Gasteiger partial charge in [0, 0.05) is 11.6 Å². The van der Waals surface area contributed by atoms with Crippen molar-refractivity contribution in [2.75, 3.05) is 0 Å². The van der Waals surface area contributed by atoms with Crippen LogP contribution in [0.3, 0.4) is 0 Å². The zero-order chi connectivity index (χ0) is 21.5. The van der Waals surface area contributed by atoms with Crippen LogP contribution >= 0.6 is 11.6 Å². The van der Waals surface area contributed by atoms with E-state index in [0.29, 0.717) is 0 Å². The lowest BCUT2D eigenvalue weighted by Crippen LogP contribution is -2.09. The maximum atomic E-state index is 14.0. The van der Waals surface area contributed by atoms with E-state index in [-0.39, 0.29) is 38.3 Å². The summed E-state index contributed by atoms with van der Waals surface area (Å²) in [6.07, 6.45) is 1.21. The molecule has 30 heavy (non-hydrogen) atoms. The number of carbonyl (C=O) groups is 1. The minimum Gasteiger partial charge on any atom is -0.452 e. The first-order chi connectivity index (χ1) is 14.2. The van der Waals surface area contributed by atoms with Crippen LogP contribution in [0.1, 0.15) is 21.5 Å². The summed E-state index contributed by atoms with van der Waals surface area (Å²) in [5.74, 6) is -1.12. The minimum absolute atomic E-state index is 0.000345. The van der Waals surface area contributed by atoms with Gasteiger partial charge in [-0.2, -0.15) is 8.42 Å². The first-order valence-electron chi connectivity index (χ1n) is 8.78. The van der Waals surface area contributed by atoms with E-state index in [2.05, 4.69) is 0 Å². The summed E-state index contributed by atoms with van der Waals surface area (Å²) in [6, 6.07) is 14.4. The molecule has 1 heterocycles. The molecule has 0 saturated heterocycles. The molecule has 1 aliphatic heterocycles. The quantitative estimate of drug-likeness (QED) is 0.410. The van der Waals surface area contributed by atoms with Gasteiger partial charge in [0.15, 0.2) is 5.76 Å². The second-order valence-electron chi connectivity index (χ2n) is 6.58. The normalized spacial score (nSPS) is 14.5. The summed E-state index contributed by atoms with van der Waals surface area (Å²) in [5.41, 5.74) is 1.13. The Morgan fingerprint density at radius 2 is 1.80 bits per heavy atom. The van der Waals surface area contributed by atoms with Crippen LogP contribution < -0.4 is 8.92 Å². The second-order valence-corrected chi connectivity index (χ2v) is 8.54. The number of rotatable bonds is 4. The van der Waals surface area contributed by atoms with E-state index in [1.807, 2.05) is 6.92 Å². The molecule has 0 fully saturated rings. The van der Waals surface area contributed by atoms with Crippen LogP contribution in [0.4, 0.5) is 4.39 Å². The third-order valence-corrected chi connectivity index (χ3v) is 6.02. The number of halogens is 2. The van der Waals surface area contributed by atoms with Crippen LogP contribution in [0, 0.1) is 12.7 Å². The van der Waals surface area contributed by atoms with Gasteiger partial charge in [-0.05, 0) is 49.4 Å². The number of ether oxygens (including phenoxy) is 1. The van der Waals surface area contributed by atoms with Crippen molar-refractivity contribution in [3.05, 3.63) is 94.0 Å². The van der Waals surface area contributed by atoms with Crippen LogP contribution in [-0.2, 0) is 10.1 Å². The average molecular weight is 445 g/mol. The lowest BCUT2D eigenvalue weighted by atomic mass is 10.1. The van der Waals surface area contributed by atoms with Gasteiger partial charge >= 0.3 is 10.1 Å². The molecule has 3 aromatic carbocycles. The number of fused-ring (bicyclic) bond motifs is 1. The summed E-state index contributed by atoms with van der Waals surface area (Å²) in [4.78, 5) is 12.6. The molecular formula is C22H14ClFO5S. The summed E-state index contributed by atoms with van der Waals surface area (Å²) >= 11 is 5.99. The van der Waals surface area contributed by atoms with Crippen LogP contribution in [0.25, 0.3) is 6.08 Å². The Morgan fingerprint density at radius 3 is 2.50 bits per heavy atom. The number of allylic oxidation sites excluding steroid dienone is 1. The molecular weight excluding hydrogens is 431 g/mol. The molecule has 0 N–H and O–H groups in total. The second kappa shape index (κ2) is 7.59. The molecule has 0 spiro atoms. The van der Waals surface area contributed by atoms with Crippen molar-refractivity contribution >= 4 is 33.6 Å². The van der Waals surface area contributed by atoms with Crippen LogP contribution in [0.5, 0.6) is 11.5 Å². The molecule has 152 valence electrons. The fourth-order valence-corrected chi connectivity index (χ4v) is 4.02. The van der Waals surface area contributed by atoms with Gasteiger partial charge in [-0.15, -0.1) is 0 Å². The highest BCUT2D eigenvalue weighted by atomic mass is 35.5. The topological polar surface area (TPSA) is 69.7 Å². The Bertz CT molecular complexity index is 1280. The van der Waals surface area contributed by atoms with Gasteiger partial charge in [-0.1, -0.05) is 35.4 Å². The summed E-state index contributed by atoms with van der Waals surface area (Å²) in [7, 11) is -4.06. The minimum atomic E-state index is -4.06. The molecule has 0 saturated carbocycles. The lowest BCUT2D eigenvalue weighted by molar-refractivity contribution is 0.101. The smallest absolute Gasteiger partial charge is 0.339 e. The van der Waals surface area contributed by atoms with Gasteiger partial charge in [0.2, 0.25) is 5.78 Å². The highest BCUT2D eigenvalue weighted by molar-refractivity contribution is 7.87. The zero-order valence-electron chi connectivity index (χ0n) is 15.6. The first kappa shape index (κ1) is 20.1. The molecule has 0 amide bonds. The molecule has 8 heteroatoms. The maximum absolute atomic E-state index is 14.0. The van der Waals surface area contributed by atoms with Crippen molar-refractivity contribution in [1.29, 1.82) is 0 Å². The molecule has 0 bridgehead atoms. The van der Waals surface area contributed by atoms with Gasteiger partial charge in [0.1, 0.15) is 22.2 Å². The highest BCUT2D eigenvalue weighted by Crippen LogP contribution is 2.36. The molecule has 4 rings (SSSR count). The fourth-order valence-electron chi connectivity index (χ4n) is 2.88. The SMILES string of the molecule is Cc1ccc(S(=O)(=O)Oc2ccc3c(c2)OC(=Cc2c(F)cccc2Cl)C3=O)cc1. The van der Waals surface area contributed by atoms with E-state index in [4.69, 9.17) is 20.5 Å². The Hall–Kier alpha value is -3.16. The highest BCUT2D eigenvalue weighted by Gasteiger charge is 2.29. The van der Waals surface area contributed by atoms with Gasteiger partial charge in [0.05, 0.1) is 10.6 Å². The number of hydrogen-bond donors (Lipinski definition) is 0. The number of hydrogen-bond acceptors (Lipinski definition) is 5. The Balaban J connectivity index is 1.62. The first-order valence-corrected chi connectivity index (χ1v) is 10.6. The Kier molecular flexibility index (Phi) is 5.09. The summed E-state index contributed by atoms with van der Waals surface area (Å²) in [6.45, 7) is 1.84. The van der Waals surface area contributed by atoms with Crippen molar-refractivity contribution in [1.82, 2.24) is 0 Å². The third-order valence-electron chi connectivity index (χ3n) is 4.43. The van der Waals surface area contributed by atoms with Crippen molar-refractivity contribution < 1.29 is 26.5 Å². The van der Waals surface area contributed by atoms with E-state index in [0.717, 1.165) is 5.56 Å². The maximum Gasteiger partial charge on any atom is 0.339 e. The summed E-state index contributed by atoms with van der Waals surface area (Å²) < 4.78 is 49.6. The zero-order valence-corrected chi connectivity index (χ0v) is 17.1. The van der Waals surface area contributed by atoms with Crippen molar-refractivity contribution in [3.63, 3.8) is 0 Å². The van der Waals surface area contributed by atoms with Gasteiger partial charge in [0.25, 0.3) is 0 Å². The number of carbonyl (C=O) groups excluding carboxylic acids is 1. The van der Waals surface area contributed by atoms with Crippen molar-refractivity contribution in [3.8, 4) is 11.5 Å². The van der Waals surface area contributed by atoms with Gasteiger partial charge in [-0.3, -0.25) is 4.79 Å². The standard InChI is InChI=1S/C22H14ClFO5S/c1-13-5-8-15(9-6-13)30(26,27)29-14-7-10-16-20(11-14)28-21(22(16)25)12-17-18(23)3-2-4-19(17)24/h2-12H,1H3.